The molecule has 1 aliphatic rings. The molecule has 0 bridgehead atoms. The average molecular weight is 375 g/mol. The summed E-state index contributed by atoms with van der Waals surface area (Å²) in [4.78, 5) is 23.1. The summed E-state index contributed by atoms with van der Waals surface area (Å²) in [7, 11) is 1.75. The summed E-state index contributed by atoms with van der Waals surface area (Å²) < 4.78 is 0. The van der Waals surface area contributed by atoms with Gasteiger partial charge in [0.2, 0.25) is 5.91 Å². The first-order chi connectivity index (χ1) is 13.2. The van der Waals surface area contributed by atoms with Gasteiger partial charge in [-0.15, -0.1) is 0 Å². The first kappa shape index (κ1) is 21.2. The molecule has 3 N–H and O–H groups in total. The Balaban J connectivity index is 1.57. The van der Waals surface area contributed by atoms with Gasteiger partial charge in [-0.3, -0.25) is 9.79 Å². The number of nitrogens with zero attached hydrogens (tertiary/aromatic N) is 3. The van der Waals surface area contributed by atoms with Crippen LogP contribution in [0.1, 0.15) is 44.2 Å². The normalized spacial score (nSPS) is 15.9. The molecule has 0 radical (unpaired) electrons. The lowest BCUT2D eigenvalue weighted by molar-refractivity contribution is -0.116. The van der Waals surface area contributed by atoms with Crippen LogP contribution in [-0.2, 0) is 4.79 Å². The Labute approximate surface area is 163 Å². The molecule has 0 aliphatic carbocycles. The Hall–Kier alpha value is -2.15. The molecule has 0 unspecified atom stereocenters. The third kappa shape index (κ3) is 8.86. The molecule has 150 valence electrons. The number of hydrogen-bond donors (Lipinski definition) is 3. The van der Waals surface area contributed by atoms with Crippen LogP contribution >= 0.6 is 0 Å². The quantitative estimate of drug-likeness (QED) is 0.369. The molecule has 0 atom stereocenters. The van der Waals surface area contributed by atoms with E-state index in [0.717, 1.165) is 31.2 Å². The minimum absolute atomic E-state index is 0.0581. The van der Waals surface area contributed by atoms with Crippen molar-refractivity contribution in [2.75, 3.05) is 45.1 Å². The second-order valence-corrected chi connectivity index (χ2v) is 7.00. The molecule has 27 heavy (non-hydrogen) atoms. The molecule has 1 saturated heterocycles. The van der Waals surface area contributed by atoms with E-state index < -0.39 is 0 Å². The number of likely N-dealkylation sites (tertiary alicyclic amines) is 1. The molecular weight excluding hydrogens is 340 g/mol. The summed E-state index contributed by atoms with van der Waals surface area (Å²) in [5, 5.41) is 9.33. The van der Waals surface area contributed by atoms with Crippen molar-refractivity contribution in [3.63, 3.8) is 0 Å². The van der Waals surface area contributed by atoms with Gasteiger partial charge < -0.3 is 20.9 Å². The number of pyridine rings is 1. The van der Waals surface area contributed by atoms with Gasteiger partial charge in [-0.2, -0.15) is 0 Å². The first-order valence-electron chi connectivity index (χ1n) is 10.1. The first-order valence-corrected chi connectivity index (χ1v) is 10.1. The molecule has 0 saturated carbocycles. The topological polar surface area (TPSA) is 81.7 Å². The smallest absolute Gasteiger partial charge is 0.227 e. The second-order valence-electron chi connectivity index (χ2n) is 7.00. The number of amides is 1. The number of aliphatic imine (C=N–C) groups is 1. The van der Waals surface area contributed by atoms with Crippen molar-refractivity contribution in [1.29, 1.82) is 0 Å². The second kappa shape index (κ2) is 12.3. The average Bonchev–Trinajstić information content (AvgIpc) is 2.92. The largest absolute Gasteiger partial charge is 0.356 e. The van der Waals surface area contributed by atoms with Crippen LogP contribution in [0.4, 0.5) is 5.82 Å². The van der Waals surface area contributed by atoms with E-state index >= 15 is 0 Å². The number of hydrogen-bond acceptors (Lipinski definition) is 4. The van der Waals surface area contributed by atoms with Crippen molar-refractivity contribution in [2.24, 2.45) is 4.99 Å². The van der Waals surface area contributed by atoms with E-state index in [1.165, 1.54) is 38.8 Å². The number of guanidine groups is 1. The van der Waals surface area contributed by atoms with Gasteiger partial charge in [0.05, 0.1) is 0 Å². The molecule has 2 rings (SSSR count). The van der Waals surface area contributed by atoms with E-state index in [2.05, 4.69) is 30.8 Å². The van der Waals surface area contributed by atoms with E-state index in [-0.39, 0.29) is 5.91 Å². The van der Waals surface area contributed by atoms with Gasteiger partial charge in [-0.25, -0.2) is 4.98 Å². The molecular formula is C20H34N6O. The predicted octanol–water partition coefficient (Wildman–Crippen LogP) is 2.15. The highest BCUT2D eigenvalue weighted by atomic mass is 16.1. The lowest BCUT2D eigenvalue weighted by atomic mass is 10.2. The monoisotopic (exact) mass is 374 g/mol. The van der Waals surface area contributed by atoms with Crippen molar-refractivity contribution in [2.45, 2.75) is 45.4 Å². The Kier molecular flexibility index (Phi) is 9.62. The number of nitrogens with one attached hydrogen (secondary N) is 3. The number of rotatable bonds is 8. The molecule has 1 fully saturated rings. The maximum absolute atomic E-state index is 12.0. The van der Waals surface area contributed by atoms with Crippen LogP contribution in [0.5, 0.6) is 0 Å². The molecule has 0 spiro atoms. The lowest BCUT2D eigenvalue weighted by Crippen LogP contribution is -2.40. The zero-order chi connectivity index (χ0) is 19.3. The number of anilines is 1. The fourth-order valence-electron chi connectivity index (χ4n) is 3.20. The summed E-state index contributed by atoms with van der Waals surface area (Å²) in [6.45, 7) is 6.92. The highest BCUT2D eigenvalue weighted by molar-refractivity contribution is 5.90. The molecule has 1 aliphatic heterocycles. The maximum Gasteiger partial charge on any atom is 0.227 e. The number of aromatic nitrogens is 1. The minimum Gasteiger partial charge on any atom is -0.356 e. The summed E-state index contributed by atoms with van der Waals surface area (Å²) in [5.41, 5.74) is 0.885. The van der Waals surface area contributed by atoms with Crippen LogP contribution in [0.25, 0.3) is 0 Å². The van der Waals surface area contributed by atoms with Crippen LogP contribution in [0.15, 0.2) is 23.2 Å². The fourth-order valence-corrected chi connectivity index (χ4v) is 3.20. The van der Waals surface area contributed by atoms with Crippen LogP contribution in [-0.4, -0.2) is 61.5 Å². The van der Waals surface area contributed by atoms with Crippen LogP contribution in [0.2, 0.25) is 0 Å². The SMILES string of the molecule is CN=C(NCCCN1CCCCCC1)NCCC(=O)Nc1cccc(C)n1. The van der Waals surface area contributed by atoms with Crippen molar-refractivity contribution in [3.05, 3.63) is 23.9 Å². The summed E-state index contributed by atoms with van der Waals surface area (Å²) in [6, 6.07) is 5.58. The predicted molar refractivity (Wildman–Crippen MR) is 111 cm³/mol. The highest BCUT2D eigenvalue weighted by Gasteiger charge is 2.08. The van der Waals surface area contributed by atoms with Crippen molar-refractivity contribution in [1.82, 2.24) is 20.5 Å². The van der Waals surface area contributed by atoms with Gasteiger partial charge in [0.15, 0.2) is 5.96 Å². The molecule has 0 aromatic carbocycles. The molecule has 1 aromatic rings. The fraction of sp³-hybridized carbons (Fsp3) is 0.650. The van der Waals surface area contributed by atoms with Crippen LogP contribution in [0.3, 0.4) is 0 Å². The molecule has 7 heteroatoms. The van der Waals surface area contributed by atoms with E-state index in [9.17, 15) is 4.79 Å². The minimum atomic E-state index is -0.0581. The molecule has 1 amide bonds. The number of carbonyl (C=O) groups is 1. The van der Waals surface area contributed by atoms with E-state index in [0.29, 0.717) is 18.8 Å². The lowest BCUT2D eigenvalue weighted by Gasteiger charge is -2.20. The zero-order valence-corrected chi connectivity index (χ0v) is 16.8. The molecule has 2 heterocycles. The van der Waals surface area contributed by atoms with E-state index in [1.807, 2.05) is 19.1 Å². The summed E-state index contributed by atoms with van der Waals surface area (Å²) in [6.07, 6.45) is 6.87. The van der Waals surface area contributed by atoms with Crippen molar-refractivity contribution in [3.8, 4) is 0 Å². The van der Waals surface area contributed by atoms with Gasteiger partial charge in [0.1, 0.15) is 5.82 Å². The van der Waals surface area contributed by atoms with E-state index in [1.54, 1.807) is 13.1 Å². The van der Waals surface area contributed by atoms with Gasteiger partial charge in [-0.1, -0.05) is 18.9 Å². The highest BCUT2D eigenvalue weighted by Crippen LogP contribution is 2.09. The standard InChI is InChI=1S/C20H34N6O/c1-17-9-7-10-18(24-17)25-19(27)11-13-23-20(21-2)22-12-8-16-26-14-5-3-4-6-15-26/h7,9-10H,3-6,8,11-16H2,1-2H3,(H2,21,22,23)(H,24,25,27). The Morgan fingerprint density at radius 3 is 2.59 bits per heavy atom. The molecule has 1 aromatic heterocycles. The van der Waals surface area contributed by atoms with Gasteiger partial charge >= 0.3 is 0 Å². The third-order valence-corrected chi connectivity index (χ3v) is 4.67. The Morgan fingerprint density at radius 2 is 1.89 bits per heavy atom. The Morgan fingerprint density at radius 1 is 1.15 bits per heavy atom. The van der Waals surface area contributed by atoms with Gasteiger partial charge in [0, 0.05) is 32.3 Å². The van der Waals surface area contributed by atoms with Crippen molar-refractivity contribution >= 4 is 17.7 Å². The van der Waals surface area contributed by atoms with Crippen LogP contribution in [0, 0.1) is 6.92 Å². The number of aryl methyl sites for hydroxylation is 1. The van der Waals surface area contributed by atoms with Crippen molar-refractivity contribution < 1.29 is 4.79 Å². The zero-order valence-electron chi connectivity index (χ0n) is 16.8. The Bertz CT molecular complexity index is 596. The van der Waals surface area contributed by atoms with Gasteiger partial charge in [0.25, 0.3) is 0 Å². The third-order valence-electron chi connectivity index (χ3n) is 4.67. The molecule has 7 nitrogen and oxygen atoms in total. The van der Waals surface area contributed by atoms with Gasteiger partial charge in [-0.05, 0) is 58.0 Å². The summed E-state index contributed by atoms with van der Waals surface area (Å²) >= 11 is 0. The maximum atomic E-state index is 12.0. The van der Waals surface area contributed by atoms with Crippen LogP contribution < -0.4 is 16.0 Å². The van der Waals surface area contributed by atoms with E-state index in [4.69, 9.17) is 0 Å². The number of carbonyl (C=O) groups excluding carboxylic acids is 1. The summed E-state index contributed by atoms with van der Waals surface area (Å²) in [5.74, 6) is 1.28.